The lowest BCUT2D eigenvalue weighted by atomic mass is 9.83. The number of rotatable bonds is 5. The van der Waals surface area contributed by atoms with Crippen molar-refractivity contribution in [1.29, 1.82) is 5.26 Å². The molecule has 7 heteroatoms. The van der Waals surface area contributed by atoms with E-state index >= 15 is 0 Å². The Hall–Kier alpha value is -2.49. The molecule has 0 aliphatic carbocycles. The normalized spacial score (nSPS) is 10.7. The van der Waals surface area contributed by atoms with Gasteiger partial charge in [-0.05, 0) is 18.9 Å². The van der Waals surface area contributed by atoms with Crippen LogP contribution in [0.15, 0.2) is 18.2 Å². The Balaban J connectivity index is 3.00. The van der Waals surface area contributed by atoms with Gasteiger partial charge in [0.1, 0.15) is 5.41 Å². The van der Waals surface area contributed by atoms with Crippen LogP contribution in [0.25, 0.3) is 0 Å². The van der Waals surface area contributed by atoms with Crippen molar-refractivity contribution < 1.29 is 14.1 Å². The van der Waals surface area contributed by atoms with Crippen molar-refractivity contribution in [2.75, 3.05) is 5.32 Å². The molecule has 0 spiro atoms. The van der Waals surface area contributed by atoms with Gasteiger partial charge in [0.05, 0.1) is 11.0 Å². The monoisotopic (exact) mass is 279 g/mol. The second kappa shape index (κ2) is 6.10. The van der Waals surface area contributed by atoms with E-state index in [2.05, 4.69) is 5.32 Å². The Morgan fingerprint density at radius 3 is 2.50 bits per heavy atom. The minimum Gasteiger partial charge on any atom is -0.325 e. The summed E-state index contributed by atoms with van der Waals surface area (Å²) in [4.78, 5) is 21.7. The topological polar surface area (TPSA) is 96.0 Å². The van der Waals surface area contributed by atoms with Crippen molar-refractivity contribution in [3.63, 3.8) is 0 Å². The van der Waals surface area contributed by atoms with E-state index in [1.54, 1.807) is 13.8 Å². The number of hydrogen-bond acceptors (Lipinski definition) is 4. The first kappa shape index (κ1) is 15.6. The number of amides is 1. The highest BCUT2D eigenvalue weighted by Gasteiger charge is 2.35. The predicted molar refractivity (Wildman–Crippen MR) is 70.3 cm³/mol. The molecule has 1 amide bonds. The maximum atomic E-state index is 13.4. The summed E-state index contributed by atoms with van der Waals surface area (Å²) >= 11 is 0. The Morgan fingerprint density at radius 1 is 1.50 bits per heavy atom. The van der Waals surface area contributed by atoms with Gasteiger partial charge >= 0.3 is 5.69 Å². The van der Waals surface area contributed by atoms with Crippen molar-refractivity contribution in [2.24, 2.45) is 5.41 Å². The number of nitro groups is 1. The standard InChI is InChI=1S/C13H14FN3O3/c1-3-13(4-2,8-15)12(18)16-9-5-6-11(17(19)20)10(14)7-9/h5-7H,3-4H2,1-2H3,(H,16,18). The van der Waals surface area contributed by atoms with Gasteiger partial charge in [0, 0.05) is 17.8 Å². The van der Waals surface area contributed by atoms with Crippen LogP contribution in [0.3, 0.4) is 0 Å². The second-order valence-electron chi connectivity index (χ2n) is 4.28. The highest BCUT2D eigenvalue weighted by Crippen LogP contribution is 2.28. The maximum absolute atomic E-state index is 13.4. The molecule has 0 saturated heterocycles. The van der Waals surface area contributed by atoms with Crippen LogP contribution in [0, 0.1) is 32.7 Å². The summed E-state index contributed by atoms with van der Waals surface area (Å²) in [5.74, 6) is -1.58. The Kier molecular flexibility index (Phi) is 4.75. The van der Waals surface area contributed by atoms with Crippen LogP contribution in [0.2, 0.25) is 0 Å². The summed E-state index contributed by atoms with van der Waals surface area (Å²) in [5.41, 5.74) is -1.77. The van der Waals surface area contributed by atoms with Crippen molar-refractivity contribution >= 4 is 17.3 Å². The van der Waals surface area contributed by atoms with Crippen LogP contribution < -0.4 is 5.32 Å². The van der Waals surface area contributed by atoms with E-state index in [1.165, 1.54) is 6.07 Å². The number of halogens is 1. The van der Waals surface area contributed by atoms with Gasteiger partial charge in [-0.3, -0.25) is 14.9 Å². The fourth-order valence-electron chi connectivity index (χ4n) is 1.76. The molecule has 0 aromatic heterocycles. The van der Waals surface area contributed by atoms with Gasteiger partial charge in [0.15, 0.2) is 0 Å². The SMILES string of the molecule is CCC(C#N)(CC)C(=O)Nc1ccc([N+](=O)[O-])c(F)c1. The minimum absolute atomic E-state index is 0.0830. The van der Waals surface area contributed by atoms with Gasteiger partial charge in [-0.15, -0.1) is 0 Å². The number of benzene rings is 1. The van der Waals surface area contributed by atoms with Crippen LogP contribution in [0.4, 0.5) is 15.8 Å². The van der Waals surface area contributed by atoms with Gasteiger partial charge in [-0.25, -0.2) is 0 Å². The molecule has 1 rings (SSSR count). The number of nitriles is 1. The van der Waals surface area contributed by atoms with Crippen LogP contribution in [0.5, 0.6) is 0 Å². The van der Waals surface area contributed by atoms with Crippen LogP contribution in [-0.4, -0.2) is 10.8 Å². The third-order valence-electron chi connectivity index (χ3n) is 3.26. The predicted octanol–water partition coefficient (Wildman–Crippen LogP) is 3.00. The number of carbonyl (C=O) groups is 1. The fraction of sp³-hybridized carbons (Fsp3) is 0.385. The summed E-state index contributed by atoms with van der Waals surface area (Å²) in [6, 6.07) is 5.03. The largest absolute Gasteiger partial charge is 0.325 e. The number of anilines is 1. The summed E-state index contributed by atoms with van der Waals surface area (Å²) in [6.07, 6.45) is 0.641. The van der Waals surface area contributed by atoms with Crippen LogP contribution in [-0.2, 0) is 4.79 Å². The van der Waals surface area contributed by atoms with Gasteiger partial charge in [-0.1, -0.05) is 13.8 Å². The van der Waals surface area contributed by atoms with E-state index in [1.807, 2.05) is 6.07 Å². The van der Waals surface area contributed by atoms with E-state index in [0.717, 1.165) is 12.1 Å². The molecule has 0 saturated carbocycles. The summed E-state index contributed by atoms with van der Waals surface area (Å²) < 4.78 is 13.4. The molecule has 1 aromatic rings. The average molecular weight is 279 g/mol. The number of nitrogens with zero attached hydrogens (tertiary/aromatic N) is 2. The first-order valence-corrected chi connectivity index (χ1v) is 6.06. The smallest absolute Gasteiger partial charge is 0.304 e. The quantitative estimate of drug-likeness (QED) is 0.661. The molecule has 0 bridgehead atoms. The Bertz CT molecular complexity index is 577. The number of hydrogen-bond donors (Lipinski definition) is 1. The van der Waals surface area contributed by atoms with Crippen molar-refractivity contribution in [3.05, 3.63) is 34.1 Å². The molecule has 1 aromatic carbocycles. The third kappa shape index (κ3) is 2.91. The van der Waals surface area contributed by atoms with E-state index in [4.69, 9.17) is 5.26 Å². The summed E-state index contributed by atoms with van der Waals surface area (Å²) in [7, 11) is 0. The van der Waals surface area contributed by atoms with E-state index in [9.17, 15) is 19.3 Å². The molecule has 0 radical (unpaired) electrons. The molecule has 0 heterocycles. The zero-order valence-corrected chi connectivity index (χ0v) is 11.1. The third-order valence-corrected chi connectivity index (χ3v) is 3.26. The van der Waals surface area contributed by atoms with Gasteiger partial charge in [0.2, 0.25) is 11.7 Å². The molecular formula is C13H14FN3O3. The van der Waals surface area contributed by atoms with Gasteiger partial charge in [-0.2, -0.15) is 9.65 Å². The Labute approximate surface area is 115 Å². The molecule has 0 aliphatic heterocycles. The Morgan fingerprint density at radius 2 is 2.10 bits per heavy atom. The summed E-state index contributed by atoms with van der Waals surface area (Å²) in [5, 5.41) is 22.0. The molecule has 0 atom stereocenters. The fourth-order valence-corrected chi connectivity index (χ4v) is 1.76. The molecular weight excluding hydrogens is 265 g/mol. The molecule has 6 nitrogen and oxygen atoms in total. The zero-order chi connectivity index (χ0) is 15.3. The van der Waals surface area contributed by atoms with Crippen molar-refractivity contribution in [3.8, 4) is 6.07 Å². The lowest BCUT2D eigenvalue weighted by molar-refractivity contribution is -0.387. The van der Waals surface area contributed by atoms with Gasteiger partial charge < -0.3 is 5.32 Å². The lowest BCUT2D eigenvalue weighted by Gasteiger charge is -2.22. The van der Waals surface area contributed by atoms with Crippen LogP contribution >= 0.6 is 0 Å². The molecule has 0 fully saturated rings. The van der Waals surface area contributed by atoms with E-state index < -0.39 is 27.8 Å². The zero-order valence-electron chi connectivity index (χ0n) is 11.1. The first-order valence-electron chi connectivity index (χ1n) is 6.06. The molecule has 0 aliphatic rings. The molecule has 0 unspecified atom stereocenters. The highest BCUT2D eigenvalue weighted by atomic mass is 19.1. The number of nitro benzene ring substituents is 1. The number of nitrogens with one attached hydrogen (secondary N) is 1. The summed E-state index contributed by atoms with van der Waals surface area (Å²) in [6.45, 7) is 3.42. The number of carbonyl (C=O) groups excluding carboxylic acids is 1. The van der Waals surface area contributed by atoms with Crippen molar-refractivity contribution in [1.82, 2.24) is 0 Å². The second-order valence-corrected chi connectivity index (χ2v) is 4.28. The van der Waals surface area contributed by atoms with E-state index in [-0.39, 0.29) is 5.69 Å². The average Bonchev–Trinajstić information content (AvgIpc) is 2.41. The molecule has 20 heavy (non-hydrogen) atoms. The maximum Gasteiger partial charge on any atom is 0.304 e. The molecule has 106 valence electrons. The van der Waals surface area contributed by atoms with Crippen molar-refractivity contribution in [2.45, 2.75) is 26.7 Å². The molecule has 1 N–H and O–H groups in total. The first-order chi connectivity index (χ1) is 9.40. The van der Waals surface area contributed by atoms with Gasteiger partial charge in [0.25, 0.3) is 0 Å². The minimum atomic E-state index is -1.18. The van der Waals surface area contributed by atoms with E-state index in [0.29, 0.717) is 12.8 Å². The highest BCUT2D eigenvalue weighted by molar-refractivity contribution is 5.97. The lowest BCUT2D eigenvalue weighted by Crippen LogP contribution is -2.33. The van der Waals surface area contributed by atoms with Crippen LogP contribution in [0.1, 0.15) is 26.7 Å².